The van der Waals surface area contributed by atoms with Gasteiger partial charge in [-0.25, -0.2) is 8.42 Å². The lowest BCUT2D eigenvalue weighted by Gasteiger charge is -2.32. The molecule has 1 saturated heterocycles. The average molecular weight is 284 g/mol. The second-order valence-corrected chi connectivity index (χ2v) is 6.74. The van der Waals surface area contributed by atoms with E-state index in [-0.39, 0.29) is 11.8 Å². The van der Waals surface area contributed by atoms with Gasteiger partial charge in [-0.1, -0.05) is 24.3 Å². The fraction of sp³-hybridized carbons (Fsp3) is 0.538. The van der Waals surface area contributed by atoms with E-state index in [0.717, 1.165) is 11.1 Å². The molecule has 6 heteroatoms. The lowest BCUT2D eigenvalue weighted by Crippen LogP contribution is -2.47. The predicted molar refractivity (Wildman–Crippen MR) is 73.9 cm³/mol. The van der Waals surface area contributed by atoms with Crippen LogP contribution in [-0.2, 0) is 27.1 Å². The molecule has 1 aliphatic rings. The molecule has 0 aliphatic carbocycles. The first kappa shape index (κ1) is 14.5. The Morgan fingerprint density at radius 3 is 2.84 bits per heavy atom. The minimum Gasteiger partial charge on any atom is -0.378 e. The Balaban J connectivity index is 2.15. The molecule has 1 atom stereocenters. The Hall–Kier alpha value is -0.950. The van der Waals surface area contributed by atoms with Crippen molar-refractivity contribution in [3.05, 3.63) is 35.4 Å². The molecule has 2 N–H and O–H groups in total. The normalized spacial score (nSPS) is 21.5. The number of hydrogen-bond donors (Lipinski definition) is 1. The standard InChI is InChI=1S/C13H20N2O3S/c1-11-9-18-6-5-15(11)19(16,17)10-13-4-2-3-12(7-13)8-14/h2-4,7,11H,5-6,8-10,14H2,1H3. The van der Waals surface area contributed by atoms with Crippen LogP contribution in [0.3, 0.4) is 0 Å². The van der Waals surface area contributed by atoms with Crippen LogP contribution in [0.5, 0.6) is 0 Å². The molecule has 1 aromatic carbocycles. The van der Waals surface area contributed by atoms with Crippen molar-refractivity contribution in [1.29, 1.82) is 0 Å². The van der Waals surface area contributed by atoms with E-state index in [0.29, 0.717) is 26.3 Å². The zero-order valence-electron chi connectivity index (χ0n) is 11.1. The summed E-state index contributed by atoms with van der Waals surface area (Å²) in [5.74, 6) is 0.0190. The van der Waals surface area contributed by atoms with E-state index in [9.17, 15) is 8.42 Å². The van der Waals surface area contributed by atoms with Gasteiger partial charge in [0.05, 0.1) is 19.0 Å². The Morgan fingerprint density at radius 1 is 1.42 bits per heavy atom. The number of ether oxygens (including phenoxy) is 1. The summed E-state index contributed by atoms with van der Waals surface area (Å²) in [5.41, 5.74) is 7.30. The van der Waals surface area contributed by atoms with Crippen molar-refractivity contribution in [3.8, 4) is 0 Å². The molecule has 1 fully saturated rings. The number of sulfonamides is 1. The lowest BCUT2D eigenvalue weighted by molar-refractivity contribution is 0.0392. The Bertz CT molecular complexity index is 530. The molecule has 0 aromatic heterocycles. The highest BCUT2D eigenvalue weighted by Gasteiger charge is 2.30. The molecular weight excluding hydrogens is 264 g/mol. The molecule has 1 aliphatic heterocycles. The van der Waals surface area contributed by atoms with Crippen molar-refractivity contribution < 1.29 is 13.2 Å². The second kappa shape index (κ2) is 6.00. The third-order valence-corrected chi connectivity index (χ3v) is 5.20. The van der Waals surface area contributed by atoms with E-state index < -0.39 is 10.0 Å². The molecule has 0 amide bonds. The van der Waals surface area contributed by atoms with E-state index in [1.54, 1.807) is 0 Å². The Morgan fingerprint density at radius 2 is 2.16 bits per heavy atom. The zero-order valence-corrected chi connectivity index (χ0v) is 11.9. The van der Waals surface area contributed by atoms with Gasteiger partial charge in [-0.15, -0.1) is 0 Å². The van der Waals surface area contributed by atoms with Crippen LogP contribution < -0.4 is 5.73 Å². The SMILES string of the molecule is CC1COCCN1S(=O)(=O)Cc1cccc(CN)c1. The van der Waals surface area contributed by atoms with Gasteiger partial charge in [0.1, 0.15) is 0 Å². The zero-order chi connectivity index (χ0) is 13.9. The second-order valence-electron chi connectivity index (χ2n) is 4.81. The van der Waals surface area contributed by atoms with Crippen molar-refractivity contribution in [3.63, 3.8) is 0 Å². The van der Waals surface area contributed by atoms with Crippen molar-refractivity contribution in [2.75, 3.05) is 19.8 Å². The highest BCUT2D eigenvalue weighted by atomic mass is 32.2. The molecule has 1 heterocycles. The maximum atomic E-state index is 12.4. The third kappa shape index (κ3) is 3.54. The molecular formula is C13H20N2O3S. The highest BCUT2D eigenvalue weighted by Crippen LogP contribution is 2.17. The van der Waals surface area contributed by atoms with Crippen LogP contribution in [0.15, 0.2) is 24.3 Å². The summed E-state index contributed by atoms with van der Waals surface area (Å²) >= 11 is 0. The van der Waals surface area contributed by atoms with Gasteiger partial charge in [-0.2, -0.15) is 4.31 Å². The topological polar surface area (TPSA) is 72.6 Å². The van der Waals surface area contributed by atoms with E-state index in [2.05, 4.69) is 0 Å². The summed E-state index contributed by atoms with van der Waals surface area (Å²) in [5, 5.41) is 0. The minimum absolute atomic E-state index is 0.0190. The van der Waals surface area contributed by atoms with Gasteiger partial charge in [0.2, 0.25) is 10.0 Å². The fourth-order valence-electron chi connectivity index (χ4n) is 2.27. The molecule has 0 saturated carbocycles. The monoisotopic (exact) mass is 284 g/mol. The molecule has 0 spiro atoms. The number of nitrogens with zero attached hydrogens (tertiary/aromatic N) is 1. The summed E-state index contributed by atoms with van der Waals surface area (Å²) in [6.45, 7) is 3.64. The number of nitrogens with two attached hydrogens (primary N) is 1. The maximum absolute atomic E-state index is 12.4. The van der Waals surface area contributed by atoms with Gasteiger partial charge in [-0.3, -0.25) is 0 Å². The van der Waals surface area contributed by atoms with Crippen LogP contribution in [0, 0.1) is 0 Å². The van der Waals surface area contributed by atoms with Crippen molar-refractivity contribution >= 4 is 10.0 Å². The first-order chi connectivity index (χ1) is 9.03. The number of morpholine rings is 1. The highest BCUT2D eigenvalue weighted by molar-refractivity contribution is 7.88. The summed E-state index contributed by atoms with van der Waals surface area (Å²) in [6.07, 6.45) is 0. The van der Waals surface area contributed by atoms with Crippen LogP contribution in [-0.4, -0.2) is 38.5 Å². The van der Waals surface area contributed by atoms with Gasteiger partial charge >= 0.3 is 0 Å². The lowest BCUT2D eigenvalue weighted by atomic mass is 10.1. The van der Waals surface area contributed by atoms with E-state index >= 15 is 0 Å². The van der Waals surface area contributed by atoms with Crippen LogP contribution in [0.2, 0.25) is 0 Å². The van der Waals surface area contributed by atoms with Gasteiger partial charge in [-0.05, 0) is 18.1 Å². The summed E-state index contributed by atoms with van der Waals surface area (Å²) < 4.78 is 31.6. The maximum Gasteiger partial charge on any atom is 0.218 e. The third-order valence-electron chi connectivity index (χ3n) is 3.24. The largest absolute Gasteiger partial charge is 0.378 e. The molecule has 106 valence electrons. The molecule has 0 radical (unpaired) electrons. The number of benzene rings is 1. The van der Waals surface area contributed by atoms with E-state index in [1.807, 2.05) is 31.2 Å². The number of rotatable bonds is 4. The summed E-state index contributed by atoms with van der Waals surface area (Å²) in [7, 11) is -3.30. The van der Waals surface area contributed by atoms with Gasteiger partial charge in [0.15, 0.2) is 0 Å². The predicted octanol–water partition coefficient (Wildman–Crippen LogP) is 0.696. The van der Waals surface area contributed by atoms with Crippen molar-refractivity contribution in [2.45, 2.75) is 25.3 Å². The smallest absolute Gasteiger partial charge is 0.218 e. The molecule has 1 unspecified atom stereocenters. The molecule has 2 rings (SSSR count). The molecule has 0 bridgehead atoms. The Kier molecular flexibility index (Phi) is 4.57. The summed E-state index contributed by atoms with van der Waals surface area (Å²) in [6, 6.07) is 7.31. The van der Waals surface area contributed by atoms with E-state index in [1.165, 1.54) is 4.31 Å². The van der Waals surface area contributed by atoms with Crippen molar-refractivity contribution in [1.82, 2.24) is 4.31 Å². The van der Waals surface area contributed by atoms with Gasteiger partial charge in [0, 0.05) is 19.1 Å². The Labute approximate surface area is 114 Å². The fourth-order valence-corrected chi connectivity index (χ4v) is 3.99. The van der Waals surface area contributed by atoms with Crippen LogP contribution >= 0.6 is 0 Å². The molecule has 5 nitrogen and oxygen atoms in total. The molecule has 19 heavy (non-hydrogen) atoms. The van der Waals surface area contributed by atoms with Gasteiger partial charge < -0.3 is 10.5 Å². The van der Waals surface area contributed by atoms with Gasteiger partial charge in [0.25, 0.3) is 0 Å². The van der Waals surface area contributed by atoms with Crippen molar-refractivity contribution in [2.24, 2.45) is 5.73 Å². The van der Waals surface area contributed by atoms with Crippen LogP contribution in [0.1, 0.15) is 18.1 Å². The van der Waals surface area contributed by atoms with Crippen LogP contribution in [0.4, 0.5) is 0 Å². The average Bonchev–Trinajstić information content (AvgIpc) is 2.38. The minimum atomic E-state index is -3.30. The number of hydrogen-bond acceptors (Lipinski definition) is 4. The molecule has 1 aromatic rings. The quantitative estimate of drug-likeness (QED) is 0.883. The first-order valence-electron chi connectivity index (χ1n) is 6.38. The van der Waals surface area contributed by atoms with E-state index in [4.69, 9.17) is 10.5 Å². The van der Waals surface area contributed by atoms with Crippen LogP contribution in [0.25, 0.3) is 0 Å². The first-order valence-corrected chi connectivity index (χ1v) is 7.99. The summed E-state index contributed by atoms with van der Waals surface area (Å²) in [4.78, 5) is 0.